The van der Waals surface area contributed by atoms with Crippen LogP contribution in [0.4, 0.5) is 0 Å². The first-order valence-corrected chi connectivity index (χ1v) is 7.11. The van der Waals surface area contributed by atoms with Gasteiger partial charge in [0.15, 0.2) is 0 Å². The van der Waals surface area contributed by atoms with Crippen molar-refractivity contribution >= 4 is 23.2 Å². The van der Waals surface area contributed by atoms with Crippen molar-refractivity contribution < 1.29 is 14.7 Å². The van der Waals surface area contributed by atoms with Crippen molar-refractivity contribution in [3.63, 3.8) is 0 Å². The van der Waals surface area contributed by atoms with Gasteiger partial charge in [-0.3, -0.25) is 9.59 Å². The van der Waals surface area contributed by atoms with Crippen LogP contribution in [-0.4, -0.2) is 28.4 Å². The van der Waals surface area contributed by atoms with E-state index >= 15 is 0 Å². The molecule has 0 saturated heterocycles. The summed E-state index contributed by atoms with van der Waals surface area (Å²) in [6.07, 6.45) is 2.52. The zero-order chi connectivity index (χ0) is 12.7. The molecule has 96 valence electrons. The molecule has 2 aliphatic rings. The maximum absolute atomic E-state index is 12.2. The number of aliphatic carboxylic acids is 1. The van der Waals surface area contributed by atoms with E-state index in [1.54, 1.807) is 11.3 Å². The maximum atomic E-state index is 12.2. The van der Waals surface area contributed by atoms with Crippen LogP contribution in [-0.2, 0) is 22.6 Å². The average Bonchev–Trinajstić information content (AvgIpc) is 3.08. The average molecular weight is 265 g/mol. The second-order valence-corrected chi connectivity index (χ2v) is 6.02. The number of thiophene rings is 1. The smallest absolute Gasteiger partial charge is 0.307 e. The van der Waals surface area contributed by atoms with Crippen molar-refractivity contribution in [2.24, 2.45) is 11.8 Å². The molecule has 0 unspecified atom stereocenters. The van der Waals surface area contributed by atoms with E-state index in [-0.39, 0.29) is 11.8 Å². The monoisotopic (exact) mass is 265 g/mol. The number of aryl methyl sites for hydroxylation is 1. The highest BCUT2D eigenvalue weighted by atomic mass is 32.1. The molecule has 0 radical (unpaired) electrons. The van der Waals surface area contributed by atoms with Crippen LogP contribution in [0.2, 0.25) is 0 Å². The largest absolute Gasteiger partial charge is 0.481 e. The summed E-state index contributed by atoms with van der Waals surface area (Å²) in [4.78, 5) is 26.3. The van der Waals surface area contributed by atoms with Crippen LogP contribution >= 0.6 is 11.3 Å². The Hall–Kier alpha value is -1.36. The van der Waals surface area contributed by atoms with Gasteiger partial charge in [-0.25, -0.2) is 0 Å². The summed E-state index contributed by atoms with van der Waals surface area (Å²) in [5, 5.41) is 10.9. The fourth-order valence-corrected chi connectivity index (χ4v) is 3.55. The first kappa shape index (κ1) is 11.7. The van der Waals surface area contributed by atoms with E-state index in [9.17, 15) is 9.59 Å². The molecule has 1 fully saturated rings. The van der Waals surface area contributed by atoms with Crippen LogP contribution in [0, 0.1) is 11.8 Å². The number of hydrogen-bond acceptors (Lipinski definition) is 3. The fraction of sp³-hybridized carbons (Fsp3) is 0.538. The van der Waals surface area contributed by atoms with E-state index in [2.05, 4.69) is 11.4 Å². The lowest BCUT2D eigenvalue weighted by Gasteiger charge is -2.20. The van der Waals surface area contributed by atoms with Gasteiger partial charge in [-0.1, -0.05) is 0 Å². The van der Waals surface area contributed by atoms with Crippen molar-refractivity contribution in [1.82, 2.24) is 4.90 Å². The Morgan fingerprint density at radius 3 is 2.94 bits per heavy atom. The van der Waals surface area contributed by atoms with Crippen LogP contribution in [0.5, 0.6) is 0 Å². The van der Waals surface area contributed by atoms with Gasteiger partial charge >= 0.3 is 5.97 Å². The molecular formula is C13H15NO3S. The van der Waals surface area contributed by atoms with Crippen LogP contribution in [0.15, 0.2) is 11.4 Å². The van der Waals surface area contributed by atoms with E-state index in [4.69, 9.17) is 5.11 Å². The Bertz CT molecular complexity index is 496. The topological polar surface area (TPSA) is 57.6 Å². The molecule has 4 nitrogen and oxygen atoms in total. The quantitative estimate of drug-likeness (QED) is 0.886. The van der Waals surface area contributed by atoms with Gasteiger partial charge in [0.25, 0.3) is 0 Å². The summed E-state index contributed by atoms with van der Waals surface area (Å²) in [6, 6.07) is 2.08. The van der Waals surface area contributed by atoms with Crippen molar-refractivity contribution in [1.29, 1.82) is 0 Å². The molecule has 3 rings (SSSR count). The molecule has 1 saturated carbocycles. The minimum absolute atomic E-state index is 0.0291. The fourth-order valence-electron chi connectivity index (χ4n) is 2.61. The van der Waals surface area contributed by atoms with Gasteiger partial charge in [-0.05, 0) is 36.3 Å². The molecule has 1 aromatic rings. The highest BCUT2D eigenvalue weighted by molar-refractivity contribution is 7.10. The number of rotatable bonds is 2. The van der Waals surface area contributed by atoms with Crippen molar-refractivity contribution in [2.45, 2.75) is 25.8 Å². The molecule has 0 bridgehead atoms. The van der Waals surface area contributed by atoms with Gasteiger partial charge < -0.3 is 10.0 Å². The van der Waals surface area contributed by atoms with E-state index < -0.39 is 11.9 Å². The second-order valence-electron chi connectivity index (χ2n) is 5.02. The molecule has 1 aliphatic heterocycles. The summed E-state index contributed by atoms with van der Waals surface area (Å²) >= 11 is 1.75. The van der Waals surface area contributed by atoms with Crippen molar-refractivity contribution in [3.8, 4) is 0 Å². The van der Waals surface area contributed by atoms with Gasteiger partial charge in [-0.2, -0.15) is 0 Å². The van der Waals surface area contributed by atoms with Crippen LogP contribution in [0.25, 0.3) is 0 Å². The summed E-state index contributed by atoms with van der Waals surface area (Å²) in [5.41, 5.74) is 1.23. The number of fused-ring (bicyclic) bond motifs is 1. The maximum Gasteiger partial charge on any atom is 0.307 e. The van der Waals surface area contributed by atoms with E-state index in [0.717, 1.165) is 19.4 Å². The SMILES string of the molecule is O=C(O)[C@H]1C[C@H]1C(=O)N1CCCc2sccc2C1. The van der Waals surface area contributed by atoms with Gasteiger partial charge in [0.05, 0.1) is 11.8 Å². The normalized spacial score (nSPS) is 26.3. The third-order valence-electron chi connectivity index (χ3n) is 3.77. The molecule has 1 aliphatic carbocycles. The lowest BCUT2D eigenvalue weighted by Crippen LogP contribution is -2.32. The lowest BCUT2D eigenvalue weighted by atomic mass is 10.2. The molecule has 0 spiro atoms. The predicted molar refractivity (Wildman–Crippen MR) is 67.3 cm³/mol. The van der Waals surface area contributed by atoms with E-state index in [0.29, 0.717) is 13.0 Å². The number of carbonyl (C=O) groups excluding carboxylic acids is 1. The van der Waals surface area contributed by atoms with Gasteiger partial charge in [0.1, 0.15) is 0 Å². The highest BCUT2D eigenvalue weighted by Gasteiger charge is 2.49. The first-order chi connectivity index (χ1) is 8.66. The van der Waals surface area contributed by atoms with Gasteiger partial charge in [-0.15, -0.1) is 11.3 Å². The first-order valence-electron chi connectivity index (χ1n) is 6.23. The minimum Gasteiger partial charge on any atom is -0.481 e. The molecular weight excluding hydrogens is 250 g/mol. The number of hydrogen-bond donors (Lipinski definition) is 1. The number of amides is 1. The molecule has 2 heterocycles. The van der Waals surface area contributed by atoms with Crippen LogP contribution < -0.4 is 0 Å². The minimum atomic E-state index is -0.834. The summed E-state index contributed by atoms with van der Waals surface area (Å²) in [7, 11) is 0. The number of carboxylic acids is 1. The Morgan fingerprint density at radius 2 is 2.22 bits per heavy atom. The lowest BCUT2D eigenvalue weighted by molar-refractivity contribution is -0.142. The number of carbonyl (C=O) groups is 2. The summed E-state index contributed by atoms with van der Waals surface area (Å²) in [5.74, 6) is -1.52. The molecule has 2 atom stereocenters. The third kappa shape index (κ3) is 2.03. The van der Waals surface area contributed by atoms with E-state index in [1.165, 1.54) is 10.4 Å². The van der Waals surface area contributed by atoms with Crippen LogP contribution in [0.1, 0.15) is 23.3 Å². The van der Waals surface area contributed by atoms with Crippen molar-refractivity contribution in [2.75, 3.05) is 6.54 Å². The molecule has 18 heavy (non-hydrogen) atoms. The molecule has 1 N–H and O–H groups in total. The molecule has 5 heteroatoms. The zero-order valence-corrected chi connectivity index (χ0v) is 10.8. The Labute approximate surface area is 109 Å². The van der Waals surface area contributed by atoms with Gasteiger partial charge in [0, 0.05) is 18.0 Å². The third-order valence-corrected chi connectivity index (χ3v) is 4.79. The molecule has 0 aromatic carbocycles. The van der Waals surface area contributed by atoms with Crippen LogP contribution in [0.3, 0.4) is 0 Å². The van der Waals surface area contributed by atoms with Gasteiger partial charge in [0.2, 0.25) is 5.91 Å². The number of nitrogens with zero attached hydrogens (tertiary/aromatic N) is 1. The zero-order valence-electron chi connectivity index (χ0n) is 9.96. The standard InChI is InChI=1S/C13H15NO3S/c15-12(9-6-10(9)13(16)17)14-4-1-2-11-8(7-14)3-5-18-11/h3,5,9-10H,1-2,4,6-7H2,(H,16,17)/t9-,10+/m1/s1. The predicted octanol–water partition coefficient (Wildman–Crippen LogP) is 1.74. The Morgan fingerprint density at radius 1 is 1.39 bits per heavy atom. The second kappa shape index (κ2) is 4.39. The summed E-state index contributed by atoms with van der Waals surface area (Å²) in [6.45, 7) is 1.41. The van der Waals surface area contributed by atoms with Crippen molar-refractivity contribution in [3.05, 3.63) is 21.9 Å². The highest BCUT2D eigenvalue weighted by Crippen LogP contribution is 2.40. The Balaban J connectivity index is 1.70. The molecule has 1 amide bonds. The molecule has 1 aromatic heterocycles. The van der Waals surface area contributed by atoms with E-state index in [1.807, 2.05) is 4.90 Å². The number of carboxylic acid groups (broad SMARTS) is 1. The summed E-state index contributed by atoms with van der Waals surface area (Å²) < 4.78 is 0. The Kier molecular flexibility index (Phi) is 2.86.